The van der Waals surface area contributed by atoms with Gasteiger partial charge in [-0.3, -0.25) is 24.5 Å². The normalized spacial score (nSPS) is 11.7. The summed E-state index contributed by atoms with van der Waals surface area (Å²) in [6.07, 6.45) is 1.85. The number of amides is 2. The predicted molar refractivity (Wildman–Crippen MR) is 152 cm³/mol. The fraction of sp³-hybridized carbons (Fsp3) is 0.258. The van der Waals surface area contributed by atoms with E-state index in [1.54, 1.807) is 50.2 Å². The Bertz CT molecular complexity index is 1650. The largest absolute Gasteiger partial charge is 0.464 e. The lowest BCUT2D eigenvalue weighted by Crippen LogP contribution is -2.46. The van der Waals surface area contributed by atoms with Crippen molar-refractivity contribution in [2.45, 2.75) is 46.3 Å². The zero-order valence-corrected chi connectivity index (χ0v) is 23.0. The van der Waals surface area contributed by atoms with Gasteiger partial charge in [0, 0.05) is 29.8 Å². The fourth-order valence-corrected chi connectivity index (χ4v) is 4.47. The predicted octanol–water partition coefficient (Wildman–Crippen LogP) is 5.62. The maximum Gasteiger partial charge on any atom is 0.273 e. The Kier molecular flexibility index (Phi) is 8.91. The van der Waals surface area contributed by atoms with Crippen LogP contribution in [0.1, 0.15) is 47.3 Å². The first kappa shape index (κ1) is 29.1. The number of nitro groups is 1. The Balaban J connectivity index is 1.67. The van der Waals surface area contributed by atoms with Gasteiger partial charge in [0.25, 0.3) is 11.6 Å². The number of hydrogen-bond donors (Lipinski definition) is 0. The molecule has 2 amide bonds. The first-order chi connectivity index (χ1) is 19.6. The lowest BCUT2D eigenvalue weighted by atomic mass is 10.1. The monoisotopic (exact) mass is 559 g/mol. The van der Waals surface area contributed by atoms with Crippen LogP contribution in [-0.2, 0) is 17.9 Å². The van der Waals surface area contributed by atoms with E-state index in [1.807, 2.05) is 6.92 Å². The molecule has 41 heavy (non-hydrogen) atoms. The number of halogens is 1. The number of aryl methyl sites for hydroxylation is 1. The van der Waals surface area contributed by atoms with Crippen LogP contribution in [0.25, 0.3) is 11.0 Å². The van der Waals surface area contributed by atoms with E-state index in [-0.39, 0.29) is 47.9 Å². The van der Waals surface area contributed by atoms with Crippen molar-refractivity contribution in [3.05, 3.63) is 121 Å². The van der Waals surface area contributed by atoms with Crippen LogP contribution in [0.5, 0.6) is 0 Å². The topological polar surface area (TPSA) is 114 Å². The van der Waals surface area contributed by atoms with E-state index >= 15 is 0 Å². The third-order valence-electron chi connectivity index (χ3n) is 7.09. The van der Waals surface area contributed by atoms with Crippen molar-refractivity contribution < 1.29 is 23.3 Å². The molecule has 0 spiro atoms. The maximum absolute atomic E-state index is 13.8. The highest BCUT2D eigenvalue weighted by Crippen LogP contribution is 2.22. The Morgan fingerprint density at radius 3 is 2.44 bits per heavy atom. The van der Waals surface area contributed by atoms with Crippen molar-refractivity contribution in [2.75, 3.05) is 6.54 Å². The van der Waals surface area contributed by atoms with E-state index in [0.717, 1.165) is 0 Å². The highest BCUT2D eigenvalue weighted by Gasteiger charge is 2.28. The summed E-state index contributed by atoms with van der Waals surface area (Å²) < 4.78 is 19.2. The zero-order valence-electron chi connectivity index (χ0n) is 23.0. The van der Waals surface area contributed by atoms with Crippen molar-refractivity contribution >= 4 is 28.5 Å². The van der Waals surface area contributed by atoms with E-state index < -0.39 is 22.6 Å². The number of carbonyl (C=O) groups excluding carboxylic acids is 2. The van der Waals surface area contributed by atoms with E-state index in [0.29, 0.717) is 28.5 Å². The molecule has 0 aliphatic carbocycles. The number of benzene rings is 3. The van der Waals surface area contributed by atoms with Crippen LogP contribution in [0.15, 0.2) is 82.2 Å². The quantitative estimate of drug-likeness (QED) is 0.184. The number of carbonyl (C=O) groups is 2. The maximum atomic E-state index is 13.8. The average molecular weight is 560 g/mol. The number of fused-ring (bicyclic) bond motifs is 1. The molecule has 0 fully saturated rings. The minimum absolute atomic E-state index is 0.0456. The summed E-state index contributed by atoms with van der Waals surface area (Å²) in [7, 11) is 0. The number of para-hydroxylation sites is 1. The molecule has 0 aliphatic heterocycles. The molecule has 0 radical (unpaired) electrons. The fourth-order valence-electron chi connectivity index (χ4n) is 4.47. The van der Waals surface area contributed by atoms with Crippen molar-refractivity contribution in [3.63, 3.8) is 0 Å². The Morgan fingerprint density at radius 2 is 1.76 bits per heavy atom. The van der Waals surface area contributed by atoms with Gasteiger partial charge in [-0.15, -0.1) is 0 Å². The lowest BCUT2D eigenvalue weighted by Gasteiger charge is -2.31. The summed E-state index contributed by atoms with van der Waals surface area (Å²) in [6, 6.07) is 16.3. The van der Waals surface area contributed by atoms with Gasteiger partial charge < -0.3 is 14.2 Å². The molecular formula is C31H30FN3O6. The van der Waals surface area contributed by atoms with Gasteiger partial charge >= 0.3 is 0 Å². The molecule has 212 valence electrons. The summed E-state index contributed by atoms with van der Waals surface area (Å²) in [6.45, 7) is 4.83. The SMILES string of the molecule is CCC(C)N(CC(=O)N(Cc1ccc(F)cc1)Cc1coc2ccccc2c1=O)C(=O)c1ccc(C)c([N+](=O)[O-])c1. The van der Waals surface area contributed by atoms with Crippen molar-refractivity contribution in [1.29, 1.82) is 0 Å². The second-order valence-corrected chi connectivity index (χ2v) is 9.91. The van der Waals surface area contributed by atoms with Crippen LogP contribution >= 0.6 is 0 Å². The smallest absolute Gasteiger partial charge is 0.273 e. The van der Waals surface area contributed by atoms with E-state index in [2.05, 4.69) is 0 Å². The standard InChI is InChI=1S/C31H30FN3O6/c1-4-21(3)34(31(38)23-12-9-20(2)27(15-23)35(39)40)18-29(36)33(16-22-10-13-25(32)14-11-22)17-24-19-41-28-8-6-5-7-26(28)30(24)37/h5-15,19,21H,4,16-18H2,1-3H3. The Labute approximate surface area is 236 Å². The van der Waals surface area contributed by atoms with Crippen molar-refractivity contribution in [1.82, 2.24) is 9.80 Å². The number of nitrogens with zero attached hydrogens (tertiary/aromatic N) is 3. The lowest BCUT2D eigenvalue weighted by molar-refractivity contribution is -0.385. The molecule has 1 aromatic heterocycles. The molecule has 0 N–H and O–H groups in total. The molecule has 0 aliphatic rings. The number of rotatable bonds is 10. The summed E-state index contributed by atoms with van der Waals surface area (Å²) in [5, 5.41) is 11.8. The summed E-state index contributed by atoms with van der Waals surface area (Å²) in [5.41, 5.74) is 1.32. The summed E-state index contributed by atoms with van der Waals surface area (Å²) in [4.78, 5) is 54.3. The highest BCUT2D eigenvalue weighted by atomic mass is 19.1. The molecule has 10 heteroatoms. The van der Waals surface area contributed by atoms with Crippen molar-refractivity contribution in [3.8, 4) is 0 Å². The summed E-state index contributed by atoms with van der Waals surface area (Å²) in [5.74, 6) is -1.41. The van der Waals surface area contributed by atoms with Crippen molar-refractivity contribution in [2.24, 2.45) is 0 Å². The van der Waals surface area contributed by atoms with Gasteiger partial charge in [-0.05, 0) is 56.2 Å². The third kappa shape index (κ3) is 6.66. The van der Waals surface area contributed by atoms with Gasteiger partial charge in [-0.2, -0.15) is 0 Å². The van der Waals surface area contributed by atoms with E-state index in [1.165, 1.54) is 46.4 Å². The molecule has 3 aromatic carbocycles. The first-order valence-electron chi connectivity index (χ1n) is 13.2. The van der Waals surface area contributed by atoms with Gasteiger partial charge in [0.1, 0.15) is 17.9 Å². The third-order valence-corrected chi connectivity index (χ3v) is 7.09. The molecule has 1 atom stereocenters. The van der Waals surface area contributed by atoms with E-state index in [9.17, 15) is 28.9 Å². The molecule has 9 nitrogen and oxygen atoms in total. The highest BCUT2D eigenvalue weighted by molar-refractivity contribution is 5.97. The Morgan fingerprint density at radius 1 is 1.05 bits per heavy atom. The van der Waals surface area contributed by atoms with Gasteiger partial charge in [0.15, 0.2) is 5.43 Å². The Hall–Kier alpha value is -4.86. The minimum Gasteiger partial charge on any atom is -0.464 e. The number of nitro benzene ring substituents is 1. The second kappa shape index (κ2) is 12.5. The van der Waals surface area contributed by atoms with Crippen LogP contribution in [0.4, 0.5) is 10.1 Å². The van der Waals surface area contributed by atoms with Crippen LogP contribution in [0.2, 0.25) is 0 Å². The van der Waals surface area contributed by atoms with E-state index in [4.69, 9.17) is 4.42 Å². The van der Waals surface area contributed by atoms with Gasteiger partial charge in [-0.1, -0.05) is 37.3 Å². The van der Waals surface area contributed by atoms with Gasteiger partial charge in [-0.25, -0.2) is 4.39 Å². The van der Waals surface area contributed by atoms with Gasteiger partial charge in [0.05, 0.1) is 28.7 Å². The second-order valence-electron chi connectivity index (χ2n) is 9.91. The summed E-state index contributed by atoms with van der Waals surface area (Å²) >= 11 is 0. The molecule has 0 bridgehead atoms. The van der Waals surface area contributed by atoms with Gasteiger partial charge in [0.2, 0.25) is 5.91 Å². The number of hydrogen-bond acceptors (Lipinski definition) is 6. The molecule has 0 saturated heterocycles. The van der Waals surface area contributed by atoms with Crippen LogP contribution in [0, 0.1) is 22.9 Å². The zero-order chi connectivity index (χ0) is 29.7. The van der Waals surface area contributed by atoms with Crippen LogP contribution in [-0.4, -0.2) is 39.1 Å². The molecule has 0 saturated carbocycles. The van der Waals surface area contributed by atoms with Crippen LogP contribution < -0.4 is 5.43 Å². The molecule has 1 heterocycles. The molecule has 4 rings (SSSR count). The van der Waals surface area contributed by atoms with Crippen LogP contribution in [0.3, 0.4) is 0 Å². The first-order valence-corrected chi connectivity index (χ1v) is 13.2. The molecular weight excluding hydrogens is 529 g/mol. The average Bonchev–Trinajstić information content (AvgIpc) is 2.97. The molecule has 1 unspecified atom stereocenters. The minimum atomic E-state index is -0.551. The molecule has 4 aromatic rings.